The molecule has 1 N–H and O–H groups in total. The molecule has 1 aliphatic rings. The summed E-state index contributed by atoms with van der Waals surface area (Å²) in [6, 6.07) is 17.9. The van der Waals surface area contributed by atoms with Crippen molar-refractivity contribution in [2.45, 2.75) is 13.2 Å². The van der Waals surface area contributed by atoms with E-state index in [2.05, 4.69) is 10.5 Å². The fourth-order valence-electron chi connectivity index (χ4n) is 3.27. The van der Waals surface area contributed by atoms with Crippen molar-refractivity contribution < 1.29 is 24.0 Å². The van der Waals surface area contributed by atoms with Crippen LogP contribution in [0.25, 0.3) is 6.08 Å². The zero-order valence-corrected chi connectivity index (χ0v) is 17.8. The molecule has 0 aliphatic carbocycles. The van der Waals surface area contributed by atoms with Gasteiger partial charge in [0.1, 0.15) is 5.75 Å². The number of hydrogen-bond donors (Lipinski definition) is 1. The quantitative estimate of drug-likeness (QED) is 0.143. The standard InChI is InChI=1S/C25H19N3O6/c29-24(11-8-17-4-3-6-22(12-17)28(31)32)34-23-7-2-1-5-19(23)14-26-27-25(30)18-9-10-20-15-33-16-21(20)13-18/h1-14H,15-16H2,(H,27,30)/b11-8+,26-14?. The Hall–Kier alpha value is -4.63. The molecule has 0 saturated heterocycles. The van der Waals surface area contributed by atoms with Gasteiger partial charge < -0.3 is 9.47 Å². The lowest BCUT2D eigenvalue weighted by Gasteiger charge is -2.05. The number of nitro groups is 1. The van der Waals surface area contributed by atoms with Gasteiger partial charge in [-0.1, -0.05) is 30.3 Å². The number of rotatable bonds is 7. The summed E-state index contributed by atoms with van der Waals surface area (Å²) < 4.78 is 10.7. The van der Waals surface area contributed by atoms with Crippen molar-refractivity contribution in [3.8, 4) is 5.75 Å². The van der Waals surface area contributed by atoms with Gasteiger partial charge in [-0.2, -0.15) is 5.10 Å². The number of nitro benzene ring substituents is 1. The van der Waals surface area contributed by atoms with E-state index in [-0.39, 0.29) is 17.3 Å². The predicted molar refractivity (Wildman–Crippen MR) is 124 cm³/mol. The van der Waals surface area contributed by atoms with Crippen LogP contribution in [0.1, 0.15) is 32.6 Å². The number of nitrogens with zero attached hydrogens (tertiary/aromatic N) is 2. The molecule has 170 valence electrons. The molecule has 3 aromatic carbocycles. The Balaban J connectivity index is 1.39. The number of amides is 1. The highest BCUT2D eigenvalue weighted by molar-refractivity contribution is 5.96. The molecular formula is C25H19N3O6. The van der Waals surface area contributed by atoms with Crippen LogP contribution in [0.2, 0.25) is 0 Å². The number of hydrogen-bond acceptors (Lipinski definition) is 7. The summed E-state index contributed by atoms with van der Waals surface area (Å²) in [4.78, 5) is 35.0. The Labute approximate surface area is 194 Å². The van der Waals surface area contributed by atoms with E-state index in [0.29, 0.717) is 29.9 Å². The SMILES string of the molecule is O=C(/C=C/c1cccc([N+](=O)[O-])c1)Oc1ccccc1C=NNC(=O)c1ccc2c(c1)COC2. The molecule has 0 bridgehead atoms. The van der Waals surface area contributed by atoms with E-state index >= 15 is 0 Å². The summed E-state index contributed by atoms with van der Waals surface area (Å²) >= 11 is 0. The highest BCUT2D eigenvalue weighted by atomic mass is 16.6. The summed E-state index contributed by atoms with van der Waals surface area (Å²) in [6.07, 6.45) is 3.97. The molecule has 3 aromatic rings. The zero-order valence-electron chi connectivity index (χ0n) is 17.8. The number of carbonyl (C=O) groups is 2. The van der Waals surface area contributed by atoms with Crippen LogP contribution < -0.4 is 10.2 Å². The van der Waals surface area contributed by atoms with Gasteiger partial charge >= 0.3 is 5.97 Å². The molecule has 0 unspecified atom stereocenters. The van der Waals surface area contributed by atoms with Crippen LogP contribution in [0, 0.1) is 10.1 Å². The van der Waals surface area contributed by atoms with Gasteiger partial charge in [0.05, 0.1) is 24.4 Å². The average molecular weight is 457 g/mol. The molecule has 0 saturated carbocycles. The molecule has 4 rings (SSSR count). The lowest BCUT2D eigenvalue weighted by atomic mass is 10.1. The predicted octanol–water partition coefficient (Wildman–Crippen LogP) is 4.01. The lowest BCUT2D eigenvalue weighted by molar-refractivity contribution is -0.384. The van der Waals surface area contributed by atoms with Crippen molar-refractivity contribution in [2.75, 3.05) is 0 Å². The molecule has 0 fully saturated rings. The number of esters is 1. The molecule has 0 radical (unpaired) electrons. The molecule has 0 spiro atoms. The maximum Gasteiger partial charge on any atom is 0.336 e. The minimum absolute atomic E-state index is 0.0765. The van der Waals surface area contributed by atoms with E-state index in [1.807, 2.05) is 6.07 Å². The van der Waals surface area contributed by atoms with Gasteiger partial charge in [0.2, 0.25) is 0 Å². The Morgan fingerprint density at radius 1 is 1.03 bits per heavy atom. The molecule has 1 heterocycles. The molecular weight excluding hydrogens is 438 g/mol. The zero-order chi connectivity index (χ0) is 23.9. The summed E-state index contributed by atoms with van der Waals surface area (Å²) in [6.45, 7) is 1.03. The van der Waals surface area contributed by atoms with E-state index in [0.717, 1.165) is 11.1 Å². The molecule has 9 heteroatoms. The molecule has 9 nitrogen and oxygen atoms in total. The number of hydrazone groups is 1. The number of nitrogens with one attached hydrogen (secondary N) is 1. The van der Waals surface area contributed by atoms with Crippen molar-refractivity contribution in [3.05, 3.63) is 111 Å². The van der Waals surface area contributed by atoms with Gasteiger partial charge in [-0.25, -0.2) is 10.2 Å². The summed E-state index contributed by atoms with van der Waals surface area (Å²) in [5, 5.41) is 14.8. The number of carbonyl (C=O) groups excluding carboxylic acids is 2. The van der Waals surface area contributed by atoms with E-state index in [1.54, 1.807) is 42.5 Å². The maximum absolute atomic E-state index is 12.4. The molecule has 1 amide bonds. The van der Waals surface area contributed by atoms with Crippen molar-refractivity contribution in [3.63, 3.8) is 0 Å². The van der Waals surface area contributed by atoms with E-state index < -0.39 is 10.9 Å². The third kappa shape index (κ3) is 5.59. The van der Waals surface area contributed by atoms with Gasteiger partial charge in [-0.15, -0.1) is 0 Å². The van der Waals surface area contributed by atoms with Gasteiger partial charge in [-0.3, -0.25) is 14.9 Å². The largest absolute Gasteiger partial charge is 0.423 e. The highest BCUT2D eigenvalue weighted by Crippen LogP contribution is 2.21. The van der Waals surface area contributed by atoms with Crippen LogP contribution in [0.3, 0.4) is 0 Å². The van der Waals surface area contributed by atoms with Crippen molar-refractivity contribution in [1.29, 1.82) is 0 Å². The first-order valence-electron chi connectivity index (χ1n) is 10.3. The fraction of sp³-hybridized carbons (Fsp3) is 0.0800. The summed E-state index contributed by atoms with van der Waals surface area (Å²) in [5.74, 6) is -0.805. The van der Waals surface area contributed by atoms with Crippen LogP contribution >= 0.6 is 0 Å². The molecule has 34 heavy (non-hydrogen) atoms. The van der Waals surface area contributed by atoms with Crippen LogP contribution in [-0.4, -0.2) is 23.0 Å². The highest BCUT2D eigenvalue weighted by Gasteiger charge is 2.14. The number of para-hydroxylation sites is 1. The van der Waals surface area contributed by atoms with Crippen molar-refractivity contribution >= 4 is 29.9 Å². The monoisotopic (exact) mass is 457 g/mol. The Morgan fingerprint density at radius 2 is 1.85 bits per heavy atom. The fourth-order valence-corrected chi connectivity index (χ4v) is 3.27. The first kappa shape index (κ1) is 22.6. The minimum Gasteiger partial charge on any atom is -0.423 e. The number of benzene rings is 3. The molecule has 0 atom stereocenters. The third-order valence-electron chi connectivity index (χ3n) is 4.98. The Morgan fingerprint density at radius 3 is 2.71 bits per heavy atom. The van der Waals surface area contributed by atoms with Crippen LogP contribution in [-0.2, 0) is 22.7 Å². The van der Waals surface area contributed by atoms with Gasteiger partial charge in [0.25, 0.3) is 11.6 Å². The molecule has 1 aliphatic heterocycles. The topological polar surface area (TPSA) is 120 Å². The summed E-state index contributed by atoms with van der Waals surface area (Å²) in [5.41, 5.74) is 5.86. The first-order valence-corrected chi connectivity index (χ1v) is 10.3. The van der Waals surface area contributed by atoms with Crippen molar-refractivity contribution in [2.24, 2.45) is 5.10 Å². The molecule has 0 aromatic heterocycles. The Kier molecular flexibility index (Phi) is 6.85. The van der Waals surface area contributed by atoms with Crippen LogP contribution in [0.4, 0.5) is 5.69 Å². The number of fused-ring (bicyclic) bond motifs is 1. The van der Waals surface area contributed by atoms with Crippen LogP contribution in [0.15, 0.2) is 77.9 Å². The normalized spacial score (nSPS) is 12.6. The number of non-ortho nitro benzene ring substituents is 1. The van der Waals surface area contributed by atoms with Gasteiger partial charge in [0.15, 0.2) is 0 Å². The smallest absolute Gasteiger partial charge is 0.336 e. The van der Waals surface area contributed by atoms with Gasteiger partial charge in [-0.05, 0) is 47.0 Å². The second-order valence-electron chi connectivity index (χ2n) is 7.32. The van der Waals surface area contributed by atoms with E-state index in [1.165, 1.54) is 36.6 Å². The second-order valence-corrected chi connectivity index (χ2v) is 7.32. The average Bonchev–Trinajstić information content (AvgIpc) is 3.32. The Bertz CT molecular complexity index is 1320. The van der Waals surface area contributed by atoms with Gasteiger partial charge in [0, 0.05) is 29.3 Å². The summed E-state index contributed by atoms with van der Waals surface area (Å²) in [7, 11) is 0. The maximum atomic E-state index is 12.4. The lowest BCUT2D eigenvalue weighted by Crippen LogP contribution is -2.18. The van der Waals surface area contributed by atoms with Crippen LogP contribution in [0.5, 0.6) is 5.75 Å². The first-order chi connectivity index (χ1) is 16.5. The second kappa shape index (κ2) is 10.3. The third-order valence-corrected chi connectivity index (χ3v) is 4.98. The van der Waals surface area contributed by atoms with E-state index in [9.17, 15) is 19.7 Å². The number of ether oxygens (including phenoxy) is 2. The van der Waals surface area contributed by atoms with Crippen molar-refractivity contribution in [1.82, 2.24) is 5.43 Å². The van der Waals surface area contributed by atoms with E-state index in [4.69, 9.17) is 9.47 Å². The minimum atomic E-state index is -0.670.